The maximum absolute atomic E-state index is 11.8. The molecular weight excluding hydrogens is 276 g/mol. The minimum atomic E-state index is -0.182. The van der Waals surface area contributed by atoms with Crippen LogP contribution in [-0.2, 0) is 4.79 Å². The molecule has 1 aromatic carbocycles. The molecule has 1 atom stereocenters. The molecule has 0 aliphatic carbocycles. The molecule has 0 radical (unpaired) electrons. The number of nitrogens with one attached hydrogen (secondary N) is 1. The standard InChI is InChI=1S/C14H15ClN4O/c15-12-8-9-17-14(18-12)19-13(20)7-6-11(16)10-4-2-1-3-5-10/h1-5,8-9,11H,6-7,16H2,(H,17,18,19,20). The second kappa shape index (κ2) is 6.98. The van der Waals surface area contributed by atoms with Crippen molar-refractivity contribution < 1.29 is 4.79 Å². The SMILES string of the molecule is NC(CCC(=O)Nc1nccc(Cl)n1)c1ccccc1. The quantitative estimate of drug-likeness (QED) is 0.829. The molecule has 0 bridgehead atoms. The number of amides is 1. The largest absolute Gasteiger partial charge is 0.324 e. The van der Waals surface area contributed by atoms with E-state index in [1.54, 1.807) is 6.07 Å². The lowest BCUT2D eigenvalue weighted by Gasteiger charge is -2.11. The Hall–Kier alpha value is -1.98. The minimum absolute atomic E-state index is 0.165. The zero-order chi connectivity index (χ0) is 14.4. The minimum Gasteiger partial charge on any atom is -0.324 e. The normalized spacial score (nSPS) is 11.9. The van der Waals surface area contributed by atoms with E-state index < -0.39 is 0 Å². The predicted molar refractivity (Wildman–Crippen MR) is 78.3 cm³/mol. The van der Waals surface area contributed by atoms with Gasteiger partial charge in [0.25, 0.3) is 0 Å². The van der Waals surface area contributed by atoms with Crippen molar-refractivity contribution >= 4 is 23.5 Å². The lowest BCUT2D eigenvalue weighted by Crippen LogP contribution is -2.17. The van der Waals surface area contributed by atoms with Crippen molar-refractivity contribution in [1.29, 1.82) is 0 Å². The summed E-state index contributed by atoms with van der Waals surface area (Å²) in [7, 11) is 0. The lowest BCUT2D eigenvalue weighted by molar-refractivity contribution is -0.116. The Labute approximate surface area is 122 Å². The molecule has 0 aliphatic rings. The molecule has 2 rings (SSSR count). The summed E-state index contributed by atoms with van der Waals surface area (Å²) in [5.41, 5.74) is 7.04. The van der Waals surface area contributed by atoms with Crippen LogP contribution in [0.4, 0.5) is 5.95 Å². The highest BCUT2D eigenvalue weighted by atomic mass is 35.5. The fourth-order valence-corrected chi connectivity index (χ4v) is 1.87. The number of carbonyl (C=O) groups is 1. The topological polar surface area (TPSA) is 80.9 Å². The van der Waals surface area contributed by atoms with Crippen LogP contribution in [0.2, 0.25) is 5.15 Å². The summed E-state index contributed by atoms with van der Waals surface area (Å²) >= 11 is 5.71. The third-order valence-corrected chi connectivity index (χ3v) is 2.99. The van der Waals surface area contributed by atoms with Crippen molar-refractivity contribution in [3.05, 3.63) is 53.3 Å². The van der Waals surface area contributed by atoms with Crippen LogP contribution in [0.25, 0.3) is 0 Å². The van der Waals surface area contributed by atoms with E-state index in [4.69, 9.17) is 17.3 Å². The highest BCUT2D eigenvalue weighted by Gasteiger charge is 2.10. The van der Waals surface area contributed by atoms with E-state index in [0.717, 1.165) is 5.56 Å². The molecule has 0 fully saturated rings. The number of hydrogen-bond donors (Lipinski definition) is 2. The second-order valence-electron chi connectivity index (χ2n) is 4.31. The first kappa shape index (κ1) is 14.4. The Morgan fingerprint density at radius 2 is 2.05 bits per heavy atom. The molecule has 3 N–H and O–H groups in total. The number of carbonyl (C=O) groups excluding carboxylic acids is 1. The third kappa shape index (κ3) is 4.29. The summed E-state index contributed by atoms with van der Waals surface area (Å²) in [5, 5.41) is 2.88. The number of benzene rings is 1. The van der Waals surface area contributed by atoms with E-state index >= 15 is 0 Å². The Morgan fingerprint density at radius 1 is 1.30 bits per heavy atom. The first-order valence-electron chi connectivity index (χ1n) is 6.24. The molecule has 2 aromatic rings. The van der Waals surface area contributed by atoms with Gasteiger partial charge in [-0.1, -0.05) is 41.9 Å². The maximum Gasteiger partial charge on any atom is 0.230 e. The van der Waals surface area contributed by atoms with E-state index in [1.165, 1.54) is 6.20 Å². The van der Waals surface area contributed by atoms with Gasteiger partial charge >= 0.3 is 0 Å². The molecule has 20 heavy (non-hydrogen) atoms. The molecule has 0 saturated heterocycles. The lowest BCUT2D eigenvalue weighted by atomic mass is 10.0. The summed E-state index contributed by atoms with van der Waals surface area (Å²) in [6.07, 6.45) is 2.34. The van der Waals surface area contributed by atoms with Crippen LogP contribution in [0, 0.1) is 0 Å². The van der Waals surface area contributed by atoms with Gasteiger partial charge in [0.2, 0.25) is 11.9 Å². The highest BCUT2D eigenvalue weighted by molar-refractivity contribution is 6.29. The molecule has 0 spiro atoms. The fraction of sp³-hybridized carbons (Fsp3) is 0.214. The molecule has 0 aliphatic heterocycles. The average Bonchev–Trinajstić information content (AvgIpc) is 2.46. The molecule has 1 aromatic heterocycles. The van der Waals surface area contributed by atoms with Crippen LogP contribution in [0.1, 0.15) is 24.4 Å². The van der Waals surface area contributed by atoms with Gasteiger partial charge in [0, 0.05) is 18.7 Å². The van der Waals surface area contributed by atoms with E-state index in [2.05, 4.69) is 15.3 Å². The number of aromatic nitrogens is 2. The van der Waals surface area contributed by atoms with Gasteiger partial charge in [-0.2, -0.15) is 0 Å². The van der Waals surface area contributed by atoms with Crippen molar-refractivity contribution in [1.82, 2.24) is 9.97 Å². The van der Waals surface area contributed by atoms with E-state index in [1.807, 2.05) is 30.3 Å². The van der Waals surface area contributed by atoms with Gasteiger partial charge < -0.3 is 5.73 Å². The van der Waals surface area contributed by atoms with Crippen molar-refractivity contribution in [3.8, 4) is 0 Å². The number of hydrogen-bond acceptors (Lipinski definition) is 4. The number of nitrogens with two attached hydrogens (primary N) is 1. The van der Waals surface area contributed by atoms with Crippen LogP contribution >= 0.6 is 11.6 Å². The maximum atomic E-state index is 11.8. The van der Waals surface area contributed by atoms with Crippen LogP contribution in [0.3, 0.4) is 0 Å². The highest BCUT2D eigenvalue weighted by Crippen LogP contribution is 2.15. The summed E-state index contributed by atoms with van der Waals surface area (Å²) in [6.45, 7) is 0. The molecular formula is C14H15ClN4O. The first-order valence-corrected chi connectivity index (χ1v) is 6.62. The molecule has 104 valence electrons. The smallest absolute Gasteiger partial charge is 0.230 e. The summed E-state index contributed by atoms with van der Waals surface area (Å²) in [5.74, 6) is 0.0226. The predicted octanol–water partition coefficient (Wildman–Crippen LogP) is 2.55. The Bertz CT molecular complexity index is 576. The Balaban J connectivity index is 1.83. The monoisotopic (exact) mass is 290 g/mol. The molecule has 1 amide bonds. The zero-order valence-corrected chi connectivity index (χ0v) is 11.5. The van der Waals surface area contributed by atoms with Gasteiger partial charge in [-0.3, -0.25) is 10.1 Å². The average molecular weight is 291 g/mol. The molecule has 5 nitrogen and oxygen atoms in total. The zero-order valence-electron chi connectivity index (χ0n) is 10.8. The van der Waals surface area contributed by atoms with Crippen LogP contribution < -0.4 is 11.1 Å². The molecule has 1 heterocycles. The Morgan fingerprint density at radius 3 is 2.75 bits per heavy atom. The van der Waals surface area contributed by atoms with Gasteiger partial charge in [-0.15, -0.1) is 0 Å². The van der Waals surface area contributed by atoms with Crippen molar-refractivity contribution in [2.45, 2.75) is 18.9 Å². The molecule has 6 heteroatoms. The Kier molecular flexibility index (Phi) is 5.03. The summed E-state index contributed by atoms with van der Waals surface area (Å²) < 4.78 is 0. The van der Waals surface area contributed by atoms with Crippen molar-refractivity contribution in [2.24, 2.45) is 5.73 Å². The fourth-order valence-electron chi connectivity index (χ4n) is 1.74. The number of halogens is 1. The van der Waals surface area contributed by atoms with Gasteiger partial charge in [0.05, 0.1) is 0 Å². The van der Waals surface area contributed by atoms with Crippen LogP contribution in [0.15, 0.2) is 42.6 Å². The van der Waals surface area contributed by atoms with Gasteiger partial charge in [0.1, 0.15) is 5.15 Å². The number of rotatable bonds is 5. The van der Waals surface area contributed by atoms with E-state index in [0.29, 0.717) is 12.8 Å². The van der Waals surface area contributed by atoms with Crippen molar-refractivity contribution in [3.63, 3.8) is 0 Å². The van der Waals surface area contributed by atoms with Crippen LogP contribution in [-0.4, -0.2) is 15.9 Å². The number of anilines is 1. The number of nitrogens with zero attached hydrogens (tertiary/aromatic N) is 2. The van der Waals surface area contributed by atoms with Crippen molar-refractivity contribution in [2.75, 3.05) is 5.32 Å². The van der Waals surface area contributed by atoms with E-state index in [-0.39, 0.29) is 23.1 Å². The van der Waals surface area contributed by atoms with E-state index in [9.17, 15) is 4.79 Å². The summed E-state index contributed by atoms with van der Waals surface area (Å²) in [4.78, 5) is 19.6. The second-order valence-corrected chi connectivity index (χ2v) is 4.69. The van der Waals surface area contributed by atoms with Gasteiger partial charge in [-0.05, 0) is 18.1 Å². The molecule has 0 saturated carbocycles. The first-order chi connectivity index (χ1) is 9.65. The van der Waals surface area contributed by atoms with Crippen LogP contribution in [0.5, 0.6) is 0 Å². The third-order valence-electron chi connectivity index (χ3n) is 2.78. The molecule has 1 unspecified atom stereocenters. The van der Waals surface area contributed by atoms with Gasteiger partial charge in [-0.25, -0.2) is 9.97 Å². The summed E-state index contributed by atoms with van der Waals surface area (Å²) in [6, 6.07) is 11.1. The van der Waals surface area contributed by atoms with Gasteiger partial charge in [0.15, 0.2) is 0 Å².